The fourth-order valence-corrected chi connectivity index (χ4v) is 3.35. The van der Waals surface area contributed by atoms with Crippen LogP contribution in [0.1, 0.15) is 30.9 Å². The summed E-state index contributed by atoms with van der Waals surface area (Å²) in [5, 5.41) is 2.64. The third-order valence-electron chi connectivity index (χ3n) is 4.74. The molecule has 0 radical (unpaired) electrons. The van der Waals surface area contributed by atoms with Crippen molar-refractivity contribution in [3.8, 4) is 5.75 Å². The number of carbonyl (C=O) groups excluding carboxylic acids is 1. The summed E-state index contributed by atoms with van der Waals surface area (Å²) in [6.45, 7) is 2.19. The minimum atomic E-state index is -3.56. The molecule has 1 saturated carbocycles. The van der Waals surface area contributed by atoms with Crippen molar-refractivity contribution in [3.63, 3.8) is 0 Å². The molecular formula is C20H23FN2O4S. The van der Waals surface area contributed by atoms with E-state index in [0.29, 0.717) is 11.3 Å². The standard InChI is InChI=1S/C20H23FN2O4S/c1-20(9-10-20)15-4-6-16(7-5-15)27-13-19(24)22-12-14-3-8-18(17(21)11-14)23-28(2,25)26/h3-8,11,23H,9-10,12-13H2,1-2H3,(H,22,24). The van der Waals surface area contributed by atoms with Crippen molar-refractivity contribution in [2.75, 3.05) is 17.6 Å². The summed E-state index contributed by atoms with van der Waals surface area (Å²) in [7, 11) is -3.56. The van der Waals surface area contributed by atoms with E-state index in [-0.39, 0.29) is 30.2 Å². The van der Waals surface area contributed by atoms with Gasteiger partial charge in [0, 0.05) is 6.54 Å². The molecule has 0 saturated heterocycles. The van der Waals surface area contributed by atoms with E-state index in [2.05, 4.69) is 17.0 Å². The Balaban J connectivity index is 1.47. The van der Waals surface area contributed by atoms with Crippen LogP contribution in [0.3, 0.4) is 0 Å². The van der Waals surface area contributed by atoms with E-state index in [1.54, 1.807) is 0 Å². The van der Waals surface area contributed by atoms with Crippen LogP contribution in [0.2, 0.25) is 0 Å². The van der Waals surface area contributed by atoms with Crippen molar-refractivity contribution < 1.29 is 22.3 Å². The molecule has 8 heteroatoms. The largest absolute Gasteiger partial charge is 0.484 e. The number of hydrogen-bond donors (Lipinski definition) is 2. The summed E-state index contributed by atoms with van der Waals surface area (Å²) >= 11 is 0. The molecule has 28 heavy (non-hydrogen) atoms. The molecule has 0 heterocycles. The Labute approximate surface area is 164 Å². The van der Waals surface area contributed by atoms with Crippen molar-refractivity contribution in [3.05, 3.63) is 59.4 Å². The van der Waals surface area contributed by atoms with Gasteiger partial charge in [0.05, 0.1) is 11.9 Å². The lowest BCUT2D eigenvalue weighted by molar-refractivity contribution is -0.123. The second kappa shape index (κ2) is 7.79. The maximum Gasteiger partial charge on any atom is 0.258 e. The summed E-state index contributed by atoms with van der Waals surface area (Å²) < 4.78 is 43.8. The maximum absolute atomic E-state index is 13.9. The smallest absolute Gasteiger partial charge is 0.258 e. The molecule has 0 spiro atoms. The van der Waals surface area contributed by atoms with Gasteiger partial charge in [-0.3, -0.25) is 9.52 Å². The van der Waals surface area contributed by atoms with E-state index < -0.39 is 15.8 Å². The number of amides is 1. The van der Waals surface area contributed by atoms with Gasteiger partial charge in [-0.15, -0.1) is 0 Å². The van der Waals surface area contributed by atoms with Crippen molar-refractivity contribution in [2.24, 2.45) is 0 Å². The van der Waals surface area contributed by atoms with Crippen molar-refractivity contribution >= 4 is 21.6 Å². The van der Waals surface area contributed by atoms with Gasteiger partial charge in [0.1, 0.15) is 11.6 Å². The Hall–Kier alpha value is -2.61. The van der Waals surface area contributed by atoms with Crippen LogP contribution in [0.25, 0.3) is 0 Å². The number of carbonyl (C=O) groups is 1. The molecule has 1 aliphatic carbocycles. The van der Waals surface area contributed by atoms with Gasteiger partial charge in [-0.05, 0) is 53.6 Å². The fraction of sp³-hybridized carbons (Fsp3) is 0.350. The number of nitrogens with one attached hydrogen (secondary N) is 2. The van der Waals surface area contributed by atoms with Crippen LogP contribution < -0.4 is 14.8 Å². The van der Waals surface area contributed by atoms with Crippen molar-refractivity contribution in [2.45, 2.75) is 31.7 Å². The van der Waals surface area contributed by atoms with Gasteiger partial charge < -0.3 is 10.1 Å². The van der Waals surface area contributed by atoms with Gasteiger partial charge in [0.2, 0.25) is 10.0 Å². The first-order valence-corrected chi connectivity index (χ1v) is 10.8. The monoisotopic (exact) mass is 406 g/mol. The number of rotatable bonds is 8. The lowest BCUT2D eigenvalue weighted by Crippen LogP contribution is -2.28. The Morgan fingerprint density at radius 1 is 1.18 bits per heavy atom. The Bertz CT molecular complexity index is 970. The van der Waals surface area contributed by atoms with Crippen molar-refractivity contribution in [1.29, 1.82) is 0 Å². The van der Waals surface area contributed by atoms with Gasteiger partial charge in [0.15, 0.2) is 6.61 Å². The van der Waals surface area contributed by atoms with Gasteiger partial charge >= 0.3 is 0 Å². The minimum absolute atomic E-state index is 0.107. The molecule has 0 bridgehead atoms. The summed E-state index contributed by atoms with van der Waals surface area (Å²) in [6, 6.07) is 11.8. The summed E-state index contributed by atoms with van der Waals surface area (Å²) in [5.41, 5.74) is 1.94. The molecule has 0 aliphatic heterocycles. The number of ether oxygens (including phenoxy) is 1. The van der Waals surface area contributed by atoms with Gasteiger partial charge in [-0.25, -0.2) is 12.8 Å². The topological polar surface area (TPSA) is 84.5 Å². The number of anilines is 1. The van der Waals surface area contributed by atoms with Crippen LogP contribution in [-0.4, -0.2) is 27.2 Å². The second-order valence-corrected chi connectivity index (χ2v) is 9.09. The van der Waals surface area contributed by atoms with Crippen LogP contribution >= 0.6 is 0 Å². The SMILES string of the molecule is CC1(c2ccc(OCC(=O)NCc3ccc(NS(C)(=O)=O)c(F)c3)cc2)CC1. The highest BCUT2D eigenvalue weighted by Gasteiger charge is 2.38. The average Bonchev–Trinajstić information content (AvgIpc) is 3.38. The molecule has 1 fully saturated rings. The molecule has 0 atom stereocenters. The highest BCUT2D eigenvalue weighted by Crippen LogP contribution is 2.47. The fourth-order valence-electron chi connectivity index (χ4n) is 2.78. The first-order valence-electron chi connectivity index (χ1n) is 8.91. The molecule has 6 nitrogen and oxygen atoms in total. The molecule has 3 rings (SSSR count). The lowest BCUT2D eigenvalue weighted by atomic mass is 9.99. The zero-order valence-corrected chi connectivity index (χ0v) is 16.6. The normalized spacial score (nSPS) is 15.0. The minimum Gasteiger partial charge on any atom is -0.484 e. The van der Waals surface area contributed by atoms with E-state index in [0.717, 1.165) is 6.26 Å². The summed E-state index contributed by atoms with van der Waals surface area (Å²) in [6.07, 6.45) is 3.34. The molecule has 2 aromatic carbocycles. The number of sulfonamides is 1. The Kier molecular flexibility index (Phi) is 5.60. The third kappa shape index (κ3) is 5.45. The van der Waals surface area contributed by atoms with Crippen LogP contribution in [0, 0.1) is 5.82 Å². The van der Waals surface area contributed by atoms with Crippen molar-refractivity contribution in [1.82, 2.24) is 5.32 Å². The highest BCUT2D eigenvalue weighted by atomic mass is 32.2. The van der Waals surface area contributed by atoms with E-state index in [1.807, 2.05) is 24.3 Å². The quantitative estimate of drug-likeness (QED) is 0.706. The van der Waals surface area contributed by atoms with E-state index in [9.17, 15) is 17.6 Å². The molecular weight excluding hydrogens is 383 g/mol. The first kappa shape index (κ1) is 20.1. The third-order valence-corrected chi connectivity index (χ3v) is 5.33. The molecule has 0 aromatic heterocycles. The molecule has 1 amide bonds. The highest BCUT2D eigenvalue weighted by molar-refractivity contribution is 7.92. The lowest BCUT2D eigenvalue weighted by Gasteiger charge is -2.11. The van der Waals surface area contributed by atoms with Gasteiger partial charge in [-0.2, -0.15) is 0 Å². The molecule has 0 unspecified atom stereocenters. The van der Waals surface area contributed by atoms with E-state index in [4.69, 9.17) is 4.74 Å². The zero-order chi connectivity index (χ0) is 20.4. The Morgan fingerprint density at radius 3 is 2.43 bits per heavy atom. The maximum atomic E-state index is 13.9. The molecule has 2 aromatic rings. The van der Waals surface area contributed by atoms with Gasteiger partial charge in [0.25, 0.3) is 5.91 Å². The average molecular weight is 406 g/mol. The molecule has 1 aliphatic rings. The summed E-state index contributed by atoms with van der Waals surface area (Å²) in [5.74, 6) is -0.430. The predicted molar refractivity (Wildman–Crippen MR) is 105 cm³/mol. The predicted octanol–water partition coefficient (Wildman–Crippen LogP) is 2.94. The number of benzene rings is 2. The first-order chi connectivity index (χ1) is 13.1. The zero-order valence-electron chi connectivity index (χ0n) is 15.8. The number of hydrogen-bond acceptors (Lipinski definition) is 4. The van der Waals surface area contributed by atoms with Crippen LogP contribution in [0.4, 0.5) is 10.1 Å². The Morgan fingerprint density at radius 2 is 1.86 bits per heavy atom. The van der Waals surface area contributed by atoms with Gasteiger partial charge in [-0.1, -0.05) is 25.1 Å². The summed E-state index contributed by atoms with van der Waals surface area (Å²) in [4.78, 5) is 11.9. The van der Waals surface area contributed by atoms with E-state index in [1.165, 1.54) is 36.6 Å². The molecule has 2 N–H and O–H groups in total. The van der Waals surface area contributed by atoms with Crippen LogP contribution in [-0.2, 0) is 26.8 Å². The second-order valence-electron chi connectivity index (χ2n) is 7.34. The number of halogens is 1. The van der Waals surface area contributed by atoms with Crippen LogP contribution in [0.5, 0.6) is 5.75 Å². The van der Waals surface area contributed by atoms with Crippen LogP contribution in [0.15, 0.2) is 42.5 Å². The molecule has 150 valence electrons. The van der Waals surface area contributed by atoms with E-state index >= 15 is 0 Å².